The number of anilines is 2. The highest BCUT2D eigenvalue weighted by Gasteiger charge is 2.15. The van der Waals surface area contributed by atoms with Gasteiger partial charge in [-0.25, -0.2) is 4.39 Å². The number of likely N-dealkylation sites (N-methyl/N-ethyl adjacent to an activating group) is 1. The summed E-state index contributed by atoms with van der Waals surface area (Å²) in [6.45, 7) is 0.185. The lowest BCUT2D eigenvalue weighted by Crippen LogP contribution is -3.11. The summed E-state index contributed by atoms with van der Waals surface area (Å²) in [4.78, 5) is 24.8. The summed E-state index contributed by atoms with van der Waals surface area (Å²) >= 11 is 0. The van der Waals surface area contributed by atoms with Gasteiger partial charge in [0.15, 0.2) is 13.1 Å². The summed E-state index contributed by atoms with van der Waals surface area (Å²) in [5.41, 5.74) is 0.961. The molecule has 0 bridgehead atoms. The van der Waals surface area contributed by atoms with Crippen LogP contribution in [0.15, 0.2) is 48.5 Å². The van der Waals surface area contributed by atoms with Gasteiger partial charge in [-0.15, -0.1) is 0 Å². The molecular weight excluding hydrogens is 325 g/mol. The van der Waals surface area contributed by atoms with Crippen LogP contribution in [0.5, 0.6) is 5.75 Å². The van der Waals surface area contributed by atoms with Crippen molar-refractivity contribution in [1.29, 1.82) is 0 Å². The number of quaternary nitrogens is 1. The molecule has 0 aromatic heterocycles. The second kappa shape index (κ2) is 8.79. The van der Waals surface area contributed by atoms with Crippen LogP contribution < -0.4 is 20.3 Å². The minimum absolute atomic E-state index is 0.0792. The first-order chi connectivity index (χ1) is 12.0. The standard InChI is InChI=1S/C18H20FN3O3/c1-22(11-17(23)20-14-7-5-6-13(19)10-14)12-18(24)21-15-8-3-4-9-16(15)25-2/h3-10H,11-12H2,1-2H3,(H,20,23)(H,21,24)/p+1. The van der Waals surface area contributed by atoms with Crippen molar-refractivity contribution in [3.63, 3.8) is 0 Å². The number of ether oxygens (including phenoxy) is 1. The molecule has 0 saturated carbocycles. The highest BCUT2D eigenvalue weighted by molar-refractivity contribution is 5.94. The van der Waals surface area contributed by atoms with Gasteiger partial charge in [0.05, 0.1) is 19.8 Å². The maximum atomic E-state index is 13.1. The molecule has 1 atom stereocenters. The van der Waals surface area contributed by atoms with E-state index in [9.17, 15) is 14.0 Å². The molecule has 0 radical (unpaired) electrons. The van der Waals surface area contributed by atoms with Crippen molar-refractivity contribution >= 4 is 23.2 Å². The van der Waals surface area contributed by atoms with Crippen LogP contribution in [0.3, 0.4) is 0 Å². The molecule has 0 aliphatic rings. The Hall–Kier alpha value is -2.93. The molecular formula is C18H21FN3O3+. The molecule has 0 spiro atoms. The van der Waals surface area contributed by atoms with Gasteiger partial charge < -0.3 is 20.3 Å². The van der Waals surface area contributed by atoms with Crippen LogP contribution in [0.2, 0.25) is 0 Å². The maximum Gasteiger partial charge on any atom is 0.279 e. The Morgan fingerprint density at radius 1 is 1.04 bits per heavy atom. The molecule has 7 heteroatoms. The van der Waals surface area contributed by atoms with Gasteiger partial charge in [-0.2, -0.15) is 0 Å². The predicted molar refractivity (Wildman–Crippen MR) is 93.3 cm³/mol. The SMILES string of the molecule is COc1ccccc1NC(=O)C[NH+](C)CC(=O)Nc1cccc(F)c1. The smallest absolute Gasteiger partial charge is 0.279 e. The van der Waals surface area contributed by atoms with Crippen molar-refractivity contribution < 1.29 is 23.6 Å². The second-order valence-corrected chi connectivity index (χ2v) is 5.62. The first-order valence-corrected chi connectivity index (χ1v) is 7.77. The average Bonchev–Trinajstić information content (AvgIpc) is 2.54. The number of amides is 2. The van der Waals surface area contributed by atoms with E-state index in [0.717, 1.165) is 0 Å². The number of methoxy groups -OCH3 is 1. The number of nitrogens with one attached hydrogen (secondary N) is 3. The van der Waals surface area contributed by atoms with Crippen LogP contribution >= 0.6 is 0 Å². The van der Waals surface area contributed by atoms with Gasteiger partial charge in [0.1, 0.15) is 11.6 Å². The number of hydrogen-bond acceptors (Lipinski definition) is 3. The summed E-state index contributed by atoms with van der Waals surface area (Å²) in [5.74, 6) is -0.388. The molecule has 132 valence electrons. The van der Waals surface area contributed by atoms with E-state index in [-0.39, 0.29) is 24.9 Å². The molecule has 0 fully saturated rings. The fourth-order valence-electron chi connectivity index (χ4n) is 2.32. The summed E-state index contributed by atoms with van der Waals surface area (Å²) in [7, 11) is 3.26. The van der Waals surface area contributed by atoms with E-state index in [2.05, 4.69) is 10.6 Å². The highest BCUT2D eigenvalue weighted by Crippen LogP contribution is 2.22. The minimum Gasteiger partial charge on any atom is -0.495 e. The van der Waals surface area contributed by atoms with E-state index < -0.39 is 5.82 Å². The Balaban J connectivity index is 1.83. The monoisotopic (exact) mass is 346 g/mol. The Labute approximate surface area is 145 Å². The van der Waals surface area contributed by atoms with Gasteiger partial charge >= 0.3 is 0 Å². The zero-order valence-electron chi connectivity index (χ0n) is 14.1. The largest absolute Gasteiger partial charge is 0.495 e. The number of para-hydroxylation sites is 2. The van der Waals surface area contributed by atoms with Crippen LogP contribution in [0.25, 0.3) is 0 Å². The lowest BCUT2D eigenvalue weighted by Gasteiger charge is -2.14. The first kappa shape index (κ1) is 18.4. The van der Waals surface area contributed by atoms with Crippen molar-refractivity contribution in [3.8, 4) is 5.75 Å². The molecule has 2 amide bonds. The number of carbonyl (C=O) groups is 2. The quantitative estimate of drug-likeness (QED) is 0.698. The third-order valence-electron chi connectivity index (χ3n) is 3.41. The Morgan fingerprint density at radius 3 is 2.40 bits per heavy atom. The summed E-state index contributed by atoms with van der Waals surface area (Å²) in [6, 6.07) is 12.7. The van der Waals surface area contributed by atoms with Crippen LogP contribution in [0.4, 0.5) is 15.8 Å². The number of halogens is 1. The Bertz CT molecular complexity index is 752. The number of hydrogen-bond donors (Lipinski definition) is 3. The normalized spacial score (nSPS) is 11.5. The van der Waals surface area contributed by atoms with Gasteiger partial charge in [0.25, 0.3) is 11.8 Å². The summed E-state index contributed by atoms with van der Waals surface area (Å²) in [5, 5.41) is 5.36. The highest BCUT2D eigenvalue weighted by atomic mass is 19.1. The van der Waals surface area contributed by atoms with E-state index in [1.54, 1.807) is 31.3 Å². The van der Waals surface area contributed by atoms with Crippen molar-refractivity contribution in [2.75, 3.05) is 37.9 Å². The average molecular weight is 346 g/mol. The predicted octanol–water partition coefficient (Wildman–Crippen LogP) is 0.926. The van der Waals surface area contributed by atoms with Gasteiger partial charge in [0.2, 0.25) is 0 Å². The van der Waals surface area contributed by atoms with Crippen LogP contribution in [-0.4, -0.2) is 39.1 Å². The van der Waals surface area contributed by atoms with Crippen molar-refractivity contribution in [2.24, 2.45) is 0 Å². The molecule has 0 saturated heterocycles. The Kier molecular flexibility index (Phi) is 6.47. The minimum atomic E-state index is -0.422. The topological polar surface area (TPSA) is 71.9 Å². The molecule has 2 aromatic rings. The summed E-state index contributed by atoms with van der Waals surface area (Å²) < 4.78 is 18.3. The van der Waals surface area contributed by atoms with Gasteiger partial charge in [-0.1, -0.05) is 18.2 Å². The number of benzene rings is 2. The molecule has 2 rings (SSSR count). The molecule has 0 aliphatic heterocycles. The van der Waals surface area contributed by atoms with Crippen LogP contribution in [-0.2, 0) is 9.59 Å². The van der Waals surface area contributed by atoms with E-state index in [1.165, 1.54) is 25.3 Å². The molecule has 25 heavy (non-hydrogen) atoms. The summed E-state index contributed by atoms with van der Waals surface area (Å²) in [6.07, 6.45) is 0. The lowest BCUT2D eigenvalue weighted by molar-refractivity contribution is -0.862. The van der Waals surface area contributed by atoms with Gasteiger partial charge in [-0.3, -0.25) is 9.59 Å². The number of rotatable bonds is 7. The van der Waals surface area contributed by atoms with Gasteiger partial charge in [-0.05, 0) is 30.3 Å². The molecule has 3 N–H and O–H groups in total. The fourth-order valence-corrected chi connectivity index (χ4v) is 2.32. The zero-order chi connectivity index (χ0) is 18.2. The third kappa shape index (κ3) is 5.89. The van der Waals surface area contributed by atoms with E-state index in [4.69, 9.17) is 4.74 Å². The Morgan fingerprint density at radius 2 is 1.72 bits per heavy atom. The van der Waals surface area contributed by atoms with E-state index >= 15 is 0 Å². The van der Waals surface area contributed by atoms with Crippen LogP contribution in [0, 0.1) is 5.82 Å². The van der Waals surface area contributed by atoms with E-state index in [0.29, 0.717) is 22.0 Å². The third-order valence-corrected chi connectivity index (χ3v) is 3.41. The van der Waals surface area contributed by atoms with Crippen LogP contribution in [0.1, 0.15) is 0 Å². The molecule has 0 heterocycles. The van der Waals surface area contributed by atoms with Crippen molar-refractivity contribution in [3.05, 3.63) is 54.3 Å². The number of carbonyl (C=O) groups excluding carboxylic acids is 2. The fraction of sp³-hybridized carbons (Fsp3) is 0.222. The van der Waals surface area contributed by atoms with Gasteiger partial charge in [0, 0.05) is 5.69 Å². The maximum absolute atomic E-state index is 13.1. The lowest BCUT2D eigenvalue weighted by atomic mass is 10.3. The van der Waals surface area contributed by atoms with Crippen molar-refractivity contribution in [1.82, 2.24) is 0 Å². The molecule has 0 aliphatic carbocycles. The first-order valence-electron chi connectivity index (χ1n) is 7.77. The molecule has 6 nitrogen and oxygen atoms in total. The zero-order valence-corrected chi connectivity index (χ0v) is 14.1. The molecule has 2 aromatic carbocycles. The second-order valence-electron chi connectivity index (χ2n) is 5.62. The molecule has 1 unspecified atom stereocenters. The van der Waals surface area contributed by atoms with E-state index in [1.807, 2.05) is 6.07 Å². The van der Waals surface area contributed by atoms with Crippen molar-refractivity contribution in [2.45, 2.75) is 0 Å².